The average Bonchev–Trinajstić information content (AvgIpc) is 2.48. The Morgan fingerprint density at radius 2 is 1.90 bits per heavy atom. The summed E-state index contributed by atoms with van der Waals surface area (Å²) in [6, 6.07) is 16.3. The first kappa shape index (κ1) is 14.2. The van der Waals surface area contributed by atoms with Gasteiger partial charge in [-0.3, -0.25) is 4.79 Å². The van der Waals surface area contributed by atoms with Gasteiger partial charge in [0.05, 0.1) is 23.4 Å². The van der Waals surface area contributed by atoms with Crippen LogP contribution in [-0.4, -0.2) is 12.1 Å². The van der Waals surface area contributed by atoms with Gasteiger partial charge in [-0.25, -0.2) is 5.43 Å². The minimum atomic E-state index is -0.250. The maximum atomic E-state index is 11.9. The van der Waals surface area contributed by atoms with E-state index in [-0.39, 0.29) is 5.91 Å². The van der Waals surface area contributed by atoms with Crippen molar-refractivity contribution in [2.24, 2.45) is 5.10 Å². The molecule has 0 aliphatic carbocycles. The van der Waals surface area contributed by atoms with Crippen molar-refractivity contribution < 1.29 is 4.79 Å². The van der Waals surface area contributed by atoms with E-state index in [2.05, 4.69) is 33.1 Å². The normalized spacial score (nSPS) is 10.2. The van der Waals surface area contributed by atoms with Crippen molar-refractivity contribution in [3.63, 3.8) is 0 Å². The lowest BCUT2D eigenvalue weighted by molar-refractivity contribution is 0.0954. The number of benzene rings is 2. The zero-order valence-electron chi connectivity index (χ0n) is 10.4. The molecule has 0 aromatic heterocycles. The zero-order valence-corrected chi connectivity index (χ0v) is 12.5. The largest absolute Gasteiger partial charge is 0.272 e. The number of nitriles is 1. The predicted octanol–water partition coefficient (Wildman–Crippen LogP) is 2.93. The standard InChI is InChI=1S/C15H10IN3O/c16-14-4-2-1-3-13(14)15(20)19-18-10-12-7-5-11(9-17)6-8-12/h1-8,10H,(H,19,20). The van der Waals surface area contributed by atoms with Crippen LogP contribution in [0.2, 0.25) is 0 Å². The van der Waals surface area contributed by atoms with Crippen molar-refractivity contribution >= 4 is 34.7 Å². The second-order valence-electron chi connectivity index (χ2n) is 3.91. The number of hydrazone groups is 1. The van der Waals surface area contributed by atoms with Crippen molar-refractivity contribution in [3.8, 4) is 6.07 Å². The Hall–Kier alpha value is -2.20. The fourth-order valence-electron chi connectivity index (χ4n) is 1.51. The van der Waals surface area contributed by atoms with Crippen LogP contribution in [0.15, 0.2) is 53.6 Å². The smallest absolute Gasteiger partial charge is 0.267 e. The van der Waals surface area contributed by atoms with Crippen molar-refractivity contribution in [1.29, 1.82) is 5.26 Å². The molecule has 5 heteroatoms. The number of hydrogen-bond acceptors (Lipinski definition) is 3. The number of halogens is 1. The Kier molecular flexibility index (Phi) is 4.85. The van der Waals surface area contributed by atoms with E-state index in [0.717, 1.165) is 9.13 Å². The van der Waals surface area contributed by atoms with Crippen LogP contribution in [0.25, 0.3) is 0 Å². The third-order valence-electron chi connectivity index (χ3n) is 2.54. The van der Waals surface area contributed by atoms with E-state index >= 15 is 0 Å². The van der Waals surface area contributed by atoms with Gasteiger partial charge < -0.3 is 0 Å². The zero-order chi connectivity index (χ0) is 14.4. The van der Waals surface area contributed by atoms with E-state index in [4.69, 9.17) is 5.26 Å². The summed E-state index contributed by atoms with van der Waals surface area (Å²) in [7, 11) is 0. The molecule has 98 valence electrons. The Morgan fingerprint density at radius 3 is 2.55 bits per heavy atom. The summed E-state index contributed by atoms with van der Waals surface area (Å²) in [4.78, 5) is 11.9. The molecule has 20 heavy (non-hydrogen) atoms. The molecule has 0 aliphatic rings. The van der Waals surface area contributed by atoms with Crippen molar-refractivity contribution in [1.82, 2.24) is 5.43 Å². The van der Waals surface area contributed by atoms with Crippen molar-refractivity contribution in [2.75, 3.05) is 0 Å². The van der Waals surface area contributed by atoms with E-state index < -0.39 is 0 Å². The highest BCUT2D eigenvalue weighted by atomic mass is 127. The van der Waals surface area contributed by atoms with Gasteiger partial charge in [-0.1, -0.05) is 24.3 Å². The number of carbonyl (C=O) groups excluding carboxylic acids is 1. The highest BCUT2D eigenvalue weighted by Gasteiger charge is 2.07. The van der Waals surface area contributed by atoms with Gasteiger partial charge in [0.15, 0.2) is 0 Å². The average molecular weight is 375 g/mol. The van der Waals surface area contributed by atoms with Crippen LogP contribution in [0.1, 0.15) is 21.5 Å². The second kappa shape index (κ2) is 6.82. The third-order valence-corrected chi connectivity index (χ3v) is 3.48. The summed E-state index contributed by atoms with van der Waals surface area (Å²) in [6.07, 6.45) is 1.54. The molecule has 0 radical (unpaired) electrons. The lowest BCUT2D eigenvalue weighted by Crippen LogP contribution is -2.18. The summed E-state index contributed by atoms with van der Waals surface area (Å²) < 4.78 is 0.871. The molecule has 0 saturated heterocycles. The number of nitrogens with one attached hydrogen (secondary N) is 1. The fraction of sp³-hybridized carbons (Fsp3) is 0. The summed E-state index contributed by atoms with van der Waals surface area (Å²) in [5.74, 6) is -0.250. The van der Waals surface area contributed by atoms with Crippen LogP contribution in [0.4, 0.5) is 0 Å². The molecule has 2 aromatic carbocycles. The number of rotatable bonds is 3. The van der Waals surface area contributed by atoms with E-state index in [1.807, 2.05) is 18.2 Å². The van der Waals surface area contributed by atoms with E-state index in [1.54, 1.807) is 36.4 Å². The molecule has 0 spiro atoms. The summed E-state index contributed by atoms with van der Waals surface area (Å²) >= 11 is 2.10. The van der Waals surface area contributed by atoms with Crippen LogP contribution in [0.5, 0.6) is 0 Å². The molecule has 0 fully saturated rings. The van der Waals surface area contributed by atoms with Crippen LogP contribution in [0, 0.1) is 14.9 Å². The van der Waals surface area contributed by atoms with Gasteiger partial charge in [0.2, 0.25) is 0 Å². The first-order chi connectivity index (χ1) is 9.70. The Morgan fingerprint density at radius 1 is 1.20 bits per heavy atom. The van der Waals surface area contributed by atoms with Gasteiger partial charge in [-0.2, -0.15) is 10.4 Å². The minimum Gasteiger partial charge on any atom is -0.267 e. The van der Waals surface area contributed by atoms with Gasteiger partial charge in [0.25, 0.3) is 5.91 Å². The molecular weight excluding hydrogens is 365 g/mol. The third kappa shape index (κ3) is 3.65. The molecule has 0 saturated carbocycles. The summed E-state index contributed by atoms with van der Waals surface area (Å²) in [5, 5.41) is 12.6. The Balaban J connectivity index is 2.01. The van der Waals surface area contributed by atoms with E-state index in [0.29, 0.717) is 11.1 Å². The molecule has 0 atom stereocenters. The molecule has 1 amide bonds. The molecule has 0 heterocycles. The lowest BCUT2D eigenvalue weighted by atomic mass is 10.2. The van der Waals surface area contributed by atoms with E-state index in [1.165, 1.54) is 6.21 Å². The number of hydrogen-bond donors (Lipinski definition) is 1. The van der Waals surface area contributed by atoms with Crippen LogP contribution < -0.4 is 5.43 Å². The highest BCUT2D eigenvalue weighted by Crippen LogP contribution is 2.10. The van der Waals surface area contributed by atoms with Gasteiger partial charge in [-0.15, -0.1) is 0 Å². The maximum absolute atomic E-state index is 11.9. The number of amides is 1. The lowest BCUT2D eigenvalue weighted by Gasteiger charge is -2.01. The predicted molar refractivity (Wildman–Crippen MR) is 85.4 cm³/mol. The van der Waals surface area contributed by atoms with Crippen LogP contribution >= 0.6 is 22.6 Å². The SMILES string of the molecule is N#Cc1ccc(C=NNC(=O)c2ccccc2I)cc1. The monoisotopic (exact) mass is 375 g/mol. The summed E-state index contributed by atoms with van der Waals surface area (Å²) in [6.45, 7) is 0. The molecular formula is C15H10IN3O. The molecule has 0 bridgehead atoms. The van der Waals surface area contributed by atoms with Gasteiger partial charge in [-0.05, 0) is 52.4 Å². The Bertz CT molecular complexity index is 687. The molecule has 4 nitrogen and oxygen atoms in total. The van der Waals surface area contributed by atoms with Crippen LogP contribution in [0.3, 0.4) is 0 Å². The van der Waals surface area contributed by atoms with Gasteiger partial charge in [0.1, 0.15) is 0 Å². The summed E-state index contributed by atoms with van der Waals surface area (Å²) in [5.41, 5.74) is 4.47. The van der Waals surface area contributed by atoms with Crippen molar-refractivity contribution in [2.45, 2.75) is 0 Å². The van der Waals surface area contributed by atoms with Crippen molar-refractivity contribution in [3.05, 3.63) is 68.8 Å². The number of nitrogens with zero attached hydrogens (tertiary/aromatic N) is 2. The van der Waals surface area contributed by atoms with Crippen LogP contribution in [-0.2, 0) is 0 Å². The van der Waals surface area contributed by atoms with Gasteiger partial charge in [0, 0.05) is 3.57 Å². The molecule has 1 N–H and O–H groups in total. The molecule has 2 rings (SSSR count). The van der Waals surface area contributed by atoms with Gasteiger partial charge >= 0.3 is 0 Å². The quantitative estimate of drug-likeness (QED) is 0.509. The number of carbonyl (C=O) groups is 1. The fourth-order valence-corrected chi connectivity index (χ4v) is 2.15. The minimum absolute atomic E-state index is 0.250. The first-order valence-corrected chi connectivity index (χ1v) is 6.86. The second-order valence-corrected chi connectivity index (χ2v) is 5.07. The Labute approximate surface area is 130 Å². The van der Waals surface area contributed by atoms with E-state index in [9.17, 15) is 4.79 Å². The maximum Gasteiger partial charge on any atom is 0.272 e. The highest BCUT2D eigenvalue weighted by molar-refractivity contribution is 14.1. The topological polar surface area (TPSA) is 65.2 Å². The molecule has 0 aliphatic heterocycles. The molecule has 0 unspecified atom stereocenters. The first-order valence-electron chi connectivity index (χ1n) is 5.79. The molecule has 2 aromatic rings.